The van der Waals surface area contributed by atoms with Crippen LogP contribution in [0.15, 0.2) is 30.3 Å². The lowest BCUT2D eigenvalue weighted by molar-refractivity contribution is -0.133. The van der Waals surface area contributed by atoms with Crippen molar-refractivity contribution < 1.29 is 9.59 Å². The first-order valence-corrected chi connectivity index (χ1v) is 9.44. The van der Waals surface area contributed by atoms with Gasteiger partial charge < -0.3 is 5.32 Å². The van der Waals surface area contributed by atoms with E-state index >= 15 is 0 Å². The molecule has 1 aromatic rings. The fourth-order valence-electron chi connectivity index (χ4n) is 3.87. The van der Waals surface area contributed by atoms with Crippen molar-refractivity contribution >= 4 is 11.9 Å². The Morgan fingerprint density at radius 1 is 1.08 bits per heavy atom. The van der Waals surface area contributed by atoms with E-state index in [0.717, 1.165) is 45.1 Å². The lowest BCUT2D eigenvalue weighted by Gasteiger charge is -2.30. The molecule has 5 heteroatoms. The number of benzene rings is 1. The molecule has 0 atom stereocenters. The summed E-state index contributed by atoms with van der Waals surface area (Å²) in [4.78, 5) is 29.2. The van der Waals surface area contributed by atoms with Gasteiger partial charge in [0.2, 0.25) is 0 Å². The lowest BCUT2D eigenvalue weighted by Crippen LogP contribution is -2.48. The van der Waals surface area contributed by atoms with E-state index in [1.54, 1.807) is 0 Å². The minimum Gasteiger partial charge on any atom is -0.323 e. The third-order valence-electron chi connectivity index (χ3n) is 5.48. The van der Waals surface area contributed by atoms with Crippen molar-refractivity contribution in [2.45, 2.75) is 70.5 Å². The monoisotopic (exact) mass is 343 g/mol. The minimum atomic E-state index is -0.650. The van der Waals surface area contributed by atoms with Crippen LogP contribution < -0.4 is 5.32 Å². The van der Waals surface area contributed by atoms with Crippen LogP contribution in [0.1, 0.15) is 57.9 Å². The van der Waals surface area contributed by atoms with Crippen LogP contribution in [0, 0.1) is 0 Å². The summed E-state index contributed by atoms with van der Waals surface area (Å²) < 4.78 is 0. The molecule has 2 aliphatic rings. The van der Waals surface area contributed by atoms with Crippen molar-refractivity contribution in [3.05, 3.63) is 35.9 Å². The second-order valence-electron chi connectivity index (χ2n) is 7.63. The highest BCUT2D eigenvalue weighted by Gasteiger charge is 2.50. The average Bonchev–Trinajstić information content (AvgIpc) is 2.75. The number of nitrogens with zero attached hydrogens (tertiary/aromatic N) is 2. The van der Waals surface area contributed by atoms with Crippen molar-refractivity contribution in [3.8, 4) is 0 Å². The summed E-state index contributed by atoms with van der Waals surface area (Å²) in [6.07, 6.45) is 5.87. The lowest BCUT2D eigenvalue weighted by atomic mass is 9.90. The van der Waals surface area contributed by atoms with E-state index in [0.29, 0.717) is 6.67 Å². The first-order chi connectivity index (χ1) is 12.0. The van der Waals surface area contributed by atoms with Crippen molar-refractivity contribution in [1.29, 1.82) is 0 Å². The van der Waals surface area contributed by atoms with E-state index in [-0.39, 0.29) is 18.0 Å². The number of amides is 3. The van der Waals surface area contributed by atoms with Crippen molar-refractivity contribution in [1.82, 2.24) is 15.1 Å². The Balaban J connectivity index is 1.73. The second kappa shape index (κ2) is 7.56. The van der Waals surface area contributed by atoms with Crippen molar-refractivity contribution in [2.24, 2.45) is 0 Å². The summed E-state index contributed by atoms with van der Waals surface area (Å²) in [5, 5.41) is 3.03. The summed E-state index contributed by atoms with van der Waals surface area (Å²) in [6, 6.07) is 10.2. The Bertz CT molecular complexity index is 607. The molecule has 3 rings (SSSR count). The van der Waals surface area contributed by atoms with E-state index in [1.807, 2.05) is 18.2 Å². The molecule has 1 saturated carbocycles. The molecule has 3 amide bonds. The Labute approximate surface area is 150 Å². The van der Waals surface area contributed by atoms with Gasteiger partial charge in [0, 0.05) is 12.6 Å². The smallest absolute Gasteiger partial charge is 0.323 e. The topological polar surface area (TPSA) is 52.6 Å². The third-order valence-corrected chi connectivity index (χ3v) is 5.48. The largest absolute Gasteiger partial charge is 0.326 e. The molecule has 1 N–H and O–H groups in total. The maximum absolute atomic E-state index is 13.1. The molecule has 0 radical (unpaired) electrons. The maximum Gasteiger partial charge on any atom is 0.326 e. The van der Waals surface area contributed by atoms with Gasteiger partial charge in [0.05, 0.1) is 6.67 Å². The van der Waals surface area contributed by atoms with Crippen LogP contribution in [0.3, 0.4) is 0 Å². The number of nitrogens with one attached hydrogen (secondary N) is 1. The van der Waals surface area contributed by atoms with Crippen LogP contribution in [-0.4, -0.2) is 40.0 Å². The zero-order valence-electron chi connectivity index (χ0n) is 15.3. The number of imide groups is 1. The number of urea groups is 1. The highest BCUT2D eigenvalue weighted by molar-refractivity contribution is 6.07. The van der Waals surface area contributed by atoms with Crippen LogP contribution in [0.2, 0.25) is 0 Å². The molecule has 0 unspecified atom stereocenters. The van der Waals surface area contributed by atoms with Crippen molar-refractivity contribution in [2.75, 3.05) is 6.67 Å². The molecule has 1 saturated heterocycles. The number of hydrogen-bond acceptors (Lipinski definition) is 3. The number of carbonyl (C=O) groups is 2. The molecule has 1 spiro atoms. The molecule has 25 heavy (non-hydrogen) atoms. The zero-order chi connectivity index (χ0) is 17.9. The van der Waals surface area contributed by atoms with E-state index in [9.17, 15) is 9.59 Å². The quantitative estimate of drug-likeness (QED) is 0.833. The van der Waals surface area contributed by atoms with Gasteiger partial charge in [-0.2, -0.15) is 0 Å². The summed E-state index contributed by atoms with van der Waals surface area (Å²) in [6.45, 7) is 5.27. The van der Waals surface area contributed by atoms with Gasteiger partial charge in [-0.1, -0.05) is 56.0 Å². The molecule has 0 aromatic heterocycles. The highest BCUT2D eigenvalue weighted by atomic mass is 16.2. The Morgan fingerprint density at radius 3 is 2.32 bits per heavy atom. The number of hydrogen-bond donors (Lipinski definition) is 1. The summed E-state index contributed by atoms with van der Waals surface area (Å²) >= 11 is 0. The van der Waals surface area contributed by atoms with Crippen LogP contribution in [0.5, 0.6) is 0 Å². The Kier molecular flexibility index (Phi) is 5.42. The van der Waals surface area contributed by atoms with Crippen LogP contribution >= 0.6 is 0 Å². The molecule has 1 aliphatic carbocycles. The average molecular weight is 343 g/mol. The molecule has 5 nitrogen and oxygen atoms in total. The Morgan fingerprint density at radius 2 is 1.72 bits per heavy atom. The fourth-order valence-corrected chi connectivity index (χ4v) is 3.87. The minimum absolute atomic E-state index is 0.0295. The summed E-state index contributed by atoms with van der Waals surface area (Å²) in [7, 11) is 0. The van der Waals surface area contributed by atoms with Gasteiger partial charge in [-0.05, 0) is 32.3 Å². The first-order valence-electron chi connectivity index (χ1n) is 9.44. The highest BCUT2D eigenvalue weighted by Crippen LogP contribution is 2.33. The van der Waals surface area contributed by atoms with Gasteiger partial charge in [-0.25, -0.2) is 9.69 Å². The SMILES string of the molecule is CC(C)N(Cc1ccccc1)CN1C(=O)NC2(CCCCCC2)C1=O. The summed E-state index contributed by atoms with van der Waals surface area (Å²) in [5.41, 5.74) is 0.538. The van der Waals surface area contributed by atoms with Crippen LogP contribution in [0.25, 0.3) is 0 Å². The van der Waals surface area contributed by atoms with Gasteiger partial charge in [-0.15, -0.1) is 0 Å². The molecular formula is C20H29N3O2. The Hall–Kier alpha value is -1.88. The standard InChI is InChI=1S/C20H29N3O2/c1-16(2)22(14-17-10-6-5-7-11-17)15-23-18(24)20(21-19(23)25)12-8-3-4-9-13-20/h5-7,10-11,16H,3-4,8-9,12-15H2,1-2H3,(H,21,25). The number of carbonyl (C=O) groups excluding carboxylic acids is 2. The predicted molar refractivity (Wildman–Crippen MR) is 97.8 cm³/mol. The van der Waals surface area contributed by atoms with Gasteiger partial charge in [0.15, 0.2) is 0 Å². The first kappa shape index (κ1) is 17.9. The van der Waals surface area contributed by atoms with Crippen molar-refractivity contribution in [3.63, 3.8) is 0 Å². The zero-order valence-corrected chi connectivity index (χ0v) is 15.3. The normalized spacial score (nSPS) is 20.4. The molecule has 1 aliphatic heterocycles. The van der Waals surface area contributed by atoms with E-state index in [4.69, 9.17) is 0 Å². The fraction of sp³-hybridized carbons (Fsp3) is 0.600. The van der Waals surface area contributed by atoms with Crippen LogP contribution in [0.4, 0.5) is 4.79 Å². The molecule has 0 bridgehead atoms. The maximum atomic E-state index is 13.1. The molecule has 1 heterocycles. The molecular weight excluding hydrogens is 314 g/mol. The van der Waals surface area contributed by atoms with Crippen LogP contribution in [-0.2, 0) is 11.3 Å². The third kappa shape index (κ3) is 3.87. The molecule has 2 fully saturated rings. The predicted octanol–water partition coefficient (Wildman–Crippen LogP) is 3.50. The van der Waals surface area contributed by atoms with Gasteiger partial charge in [0.25, 0.3) is 5.91 Å². The molecule has 1 aromatic carbocycles. The van der Waals surface area contributed by atoms with Gasteiger partial charge in [-0.3, -0.25) is 9.69 Å². The summed E-state index contributed by atoms with van der Waals surface area (Å²) in [5.74, 6) is -0.0295. The second-order valence-corrected chi connectivity index (χ2v) is 7.63. The number of rotatable bonds is 5. The van der Waals surface area contributed by atoms with E-state index < -0.39 is 5.54 Å². The van der Waals surface area contributed by atoms with Gasteiger partial charge >= 0.3 is 6.03 Å². The van der Waals surface area contributed by atoms with E-state index in [2.05, 4.69) is 36.2 Å². The molecule has 136 valence electrons. The van der Waals surface area contributed by atoms with E-state index in [1.165, 1.54) is 10.5 Å². The van der Waals surface area contributed by atoms with Gasteiger partial charge in [0.1, 0.15) is 5.54 Å².